The Morgan fingerprint density at radius 1 is 1.35 bits per heavy atom. The van der Waals surface area contributed by atoms with Crippen LogP contribution in [0.15, 0.2) is 29.5 Å². The fraction of sp³-hybridized carbons (Fsp3) is 0.500. The molecule has 1 rings (SSSR count). The summed E-state index contributed by atoms with van der Waals surface area (Å²) in [7, 11) is 0. The van der Waals surface area contributed by atoms with E-state index >= 15 is 0 Å². The van der Waals surface area contributed by atoms with Gasteiger partial charge < -0.3 is 16.4 Å². The van der Waals surface area contributed by atoms with Crippen molar-refractivity contribution in [2.45, 2.75) is 32.6 Å². The zero-order valence-electron chi connectivity index (χ0n) is 11.9. The van der Waals surface area contributed by atoms with Crippen molar-refractivity contribution in [3.05, 3.63) is 30.1 Å². The van der Waals surface area contributed by atoms with E-state index in [1.165, 1.54) is 5.56 Å². The highest BCUT2D eigenvalue weighted by Crippen LogP contribution is 1.99. The SMILES string of the molecule is CCCCN=C(N)NC(=S)NCCCc1ccncc1. The number of aryl methyl sites for hydroxylation is 1. The molecule has 0 aliphatic carbocycles. The van der Waals surface area contributed by atoms with E-state index in [1.807, 2.05) is 24.5 Å². The molecule has 0 atom stereocenters. The van der Waals surface area contributed by atoms with Gasteiger partial charge in [-0.2, -0.15) is 0 Å². The first kappa shape index (κ1) is 16.4. The van der Waals surface area contributed by atoms with E-state index in [4.69, 9.17) is 18.0 Å². The van der Waals surface area contributed by atoms with Gasteiger partial charge in [0.15, 0.2) is 11.1 Å². The zero-order chi connectivity index (χ0) is 14.6. The molecule has 0 saturated heterocycles. The monoisotopic (exact) mass is 293 g/mol. The average Bonchev–Trinajstić information content (AvgIpc) is 2.45. The minimum absolute atomic E-state index is 0.380. The van der Waals surface area contributed by atoms with E-state index in [9.17, 15) is 0 Å². The minimum Gasteiger partial charge on any atom is -0.370 e. The normalized spacial score (nSPS) is 11.2. The first-order valence-electron chi connectivity index (χ1n) is 6.96. The van der Waals surface area contributed by atoms with Crippen LogP contribution < -0.4 is 16.4 Å². The van der Waals surface area contributed by atoms with Crippen molar-refractivity contribution < 1.29 is 0 Å². The second-order valence-electron chi connectivity index (χ2n) is 4.46. The molecule has 4 N–H and O–H groups in total. The third kappa shape index (κ3) is 7.68. The summed E-state index contributed by atoms with van der Waals surface area (Å²) in [5.74, 6) is 0.380. The van der Waals surface area contributed by atoms with Gasteiger partial charge >= 0.3 is 0 Å². The lowest BCUT2D eigenvalue weighted by Gasteiger charge is -2.09. The topological polar surface area (TPSA) is 75.3 Å². The van der Waals surface area contributed by atoms with Gasteiger partial charge in [-0.25, -0.2) is 0 Å². The maximum Gasteiger partial charge on any atom is 0.194 e. The van der Waals surface area contributed by atoms with Crippen LogP contribution in [0.25, 0.3) is 0 Å². The number of pyridine rings is 1. The van der Waals surface area contributed by atoms with Crippen molar-refractivity contribution in [2.24, 2.45) is 10.7 Å². The van der Waals surface area contributed by atoms with Crippen molar-refractivity contribution in [3.63, 3.8) is 0 Å². The van der Waals surface area contributed by atoms with Crippen molar-refractivity contribution in [3.8, 4) is 0 Å². The van der Waals surface area contributed by atoms with Gasteiger partial charge in [0, 0.05) is 25.5 Å². The number of hydrogen-bond donors (Lipinski definition) is 3. The molecule has 0 fully saturated rings. The summed E-state index contributed by atoms with van der Waals surface area (Å²) in [5.41, 5.74) is 6.99. The molecular formula is C14H23N5S. The molecule has 0 spiro atoms. The number of nitrogens with zero attached hydrogens (tertiary/aromatic N) is 2. The lowest BCUT2D eigenvalue weighted by Crippen LogP contribution is -2.43. The molecule has 5 nitrogen and oxygen atoms in total. The Bertz CT molecular complexity index is 419. The summed E-state index contributed by atoms with van der Waals surface area (Å²) in [5, 5.41) is 6.52. The highest BCUT2D eigenvalue weighted by molar-refractivity contribution is 7.80. The Morgan fingerprint density at radius 3 is 2.80 bits per heavy atom. The maximum atomic E-state index is 5.72. The van der Waals surface area contributed by atoms with Crippen LogP contribution in [-0.2, 0) is 6.42 Å². The Balaban J connectivity index is 2.12. The molecule has 0 unspecified atom stereocenters. The number of hydrogen-bond acceptors (Lipinski definition) is 3. The van der Waals surface area contributed by atoms with Gasteiger partial charge in [0.2, 0.25) is 0 Å². The quantitative estimate of drug-likeness (QED) is 0.308. The lowest BCUT2D eigenvalue weighted by atomic mass is 10.1. The van der Waals surface area contributed by atoms with Gasteiger partial charge in [0.25, 0.3) is 0 Å². The number of rotatable bonds is 7. The molecule has 0 aliphatic rings. The van der Waals surface area contributed by atoms with Crippen LogP contribution in [0.4, 0.5) is 0 Å². The van der Waals surface area contributed by atoms with Gasteiger partial charge in [-0.3, -0.25) is 9.98 Å². The van der Waals surface area contributed by atoms with Crippen molar-refractivity contribution >= 4 is 23.3 Å². The third-order valence-electron chi connectivity index (χ3n) is 2.71. The van der Waals surface area contributed by atoms with Crippen molar-refractivity contribution in [2.75, 3.05) is 13.1 Å². The third-order valence-corrected chi connectivity index (χ3v) is 2.96. The van der Waals surface area contributed by atoms with E-state index < -0.39 is 0 Å². The van der Waals surface area contributed by atoms with Gasteiger partial charge in [-0.1, -0.05) is 13.3 Å². The van der Waals surface area contributed by atoms with Gasteiger partial charge in [0.1, 0.15) is 0 Å². The standard InChI is InChI=1S/C14H23N5S/c1-2-3-8-17-13(15)19-14(20)18-9-4-5-12-6-10-16-11-7-12/h6-7,10-11H,2-5,8-9H2,1H3,(H4,15,17,18,19,20). The van der Waals surface area contributed by atoms with Crippen LogP contribution in [0.3, 0.4) is 0 Å². The van der Waals surface area contributed by atoms with Gasteiger partial charge in [-0.15, -0.1) is 0 Å². The molecule has 1 aromatic heterocycles. The number of nitrogens with two attached hydrogens (primary N) is 1. The number of nitrogens with one attached hydrogen (secondary N) is 2. The fourth-order valence-corrected chi connectivity index (χ4v) is 1.81. The lowest BCUT2D eigenvalue weighted by molar-refractivity contribution is 0.768. The van der Waals surface area contributed by atoms with E-state index in [-0.39, 0.29) is 0 Å². The van der Waals surface area contributed by atoms with Gasteiger partial charge in [-0.05, 0) is 49.2 Å². The number of aromatic nitrogens is 1. The maximum absolute atomic E-state index is 5.72. The highest BCUT2D eigenvalue weighted by Gasteiger charge is 1.98. The van der Waals surface area contributed by atoms with E-state index in [0.717, 1.165) is 38.8 Å². The molecule has 0 aliphatic heterocycles. The van der Waals surface area contributed by atoms with Crippen molar-refractivity contribution in [1.82, 2.24) is 15.6 Å². The predicted molar refractivity (Wildman–Crippen MR) is 87.7 cm³/mol. The minimum atomic E-state index is 0.380. The average molecular weight is 293 g/mol. The molecule has 0 amide bonds. The molecule has 1 aromatic rings. The van der Waals surface area contributed by atoms with E-state index in [0.29, 0.717) is 11.1 Å². The van der Waals surface area contributed by atoms with Gasteiger partial charge in [0.05, 0.1) is 0 Å². The van der Waals surface area contributed by atoms with Crippen molar-refractivity contribution in [1.29, 1.82) is 0 Å². The van der Waals surface area contributed by atoms with Crippen LogP contribution in [0.2, 0.25) is 0 Å². The summed E-state index contributed by atoms with van der Waals surface area (Å²) in [6.45, 7) is 3.66. The molecule has 0 radical (unpaired) electrons. The summed E-state index contributed by atoms with van der Waals surface area (Å²) < 4.78 is 0. The molecule has 6 heteroatoms. The van der Waals surface area contributed by atoms with Crippen LogP contribution >= 0.6 is 12.2 Å². The second-order valence-corrected chi connectivity index (χ2v) is 4.87. The molecule has 0 bridgehead atoms. The smallest absolute Gasteiger partial charge is 0.194 e. The molecule has 20 heavy (non-hydrogen) atoms. The molecular weight excluding hydrogens is 270 g/mol. The Labute approximate surface area is 126 Å². The summed E-state index contributed by atoms with van der Waals surface area (Å²) in [4.78, 5) is 8.17. The first-order chi connectivity index (χ1) is 9.72. The Kier molecular flexibility index (Phi) is 8.30. The summed E-state index contributed by atoms with van der Waals surface area (Å²) >= 11 is 5.15. The predicted octanol–water partition coefficient (Wildman–Crippen LogP) is 1.59. The molecule has 1 heterocycles. The van der Waals surface area contributed by atoms with Crippen LogP contribution in [0.1, 0.15) is 31.7 Å². The number of unbranched alkanes of at least 4 members (excludes halogenated alkanes) is 1. The number of guanidine groups is 1. The Hall–Kier alpha value is -1.69. The Morgan fingerprint density at radius 2 is 2.10 bits per heavy atom. The molecule has 110 valence electrons. The van der Waals surface area contributed by atoms with Crippen LogP contribution in [-0.4, -0.2) is 29.1 Å². The second kappa shape index (κ2) is 10.1. The highest BCUT2D eigenvalue weighted by atomic mass is 32.1. The summed E-state index contributed by atoms with van der Waals surface area (Å²) in [6, 6.07) is 4.05. The zero-order valence-corrected chi connectivity index (χ0v) is 12.7. The first-order valence-corrected chi connectivity index (χ1v) is 7.37. The van der Waals surface area contributed by atoms with E-state index in [2.05, 4.69) is 27.5 Å². The van der Waals surface area contributed by atoms with Crippen LogP contribution in [0, 0.1) is 0 Å². The summed E-state index contributed by atoms with van der Waals surface area (Å²) in [6.07, 6.45) is 7.75. The van der Waals surface area contributed by atoms with Crippen LogP contribution in [0.5, 0.6) is 0 Å². The number of thiocarbonyl (C=S) groups is 1. The molecule has 0 aromatic carbocycles. The van der Waals surface area contributed by atoms with E-state index in [1.54, 1.807) is 0 Å². The largest absolute Gasteiger partial charge is 0.370 e. The number of aliphatic imine (C=N–C) groups is 1. The fourth-order valence-electron chi connectivity index (χ4n) is 1.60. The molecule has 0 saturated carbocycles.